The Morgan fingerprint density at radius 2 is 2.32 bits per heavy atom. The third-order valence-electron chi connectivity index (χ3n) is 3.42. The number of hydrogen-bond donors (Lipinski definition) is 1. The minimum absolute atomic E-state index is 0.132. The number of nitrogens with two attached hydrogens (primary N) is 1. The van der Waals surface area contributed by atoms with Crippen LogP contribution in [0.5, 0.6) is 0 Å². The smallest absolute Gasteiger partial charge is 0.314 e. The van der Waals surface area contributed by atoms with Crippen molar-refractivity contribution >= 4 is 12.0 Å². The number of nitrogens with zero attached hydrogens (tertiary/aromatic N) is 1. The Balaban J connectivity index is 2.47. The lowest BCUT2D eigenvalue weighted by atomic mass is 9.98. The van der Waals surface area contributed by atoms with Crippen LogP contribution in [-0.2, 0) is 9.53 Å². The van der Waals surface area contributed by atoms with E-state index in [4.69, 9.17) is 16.9 Å². The van der Waals surface area contributed by atoms with Gasteiger partial charge in [-0.15, -0.1) is 12.3 Å². The highest BCUT2D eigenvalue weighted by Crippen LogP contribution is 2.19. The molecule has 0 radical (unpaired) electrons. The minimum Gasteiger partial charge on any atom is -0.462 e. The molecule has 1 fully saturated rings. The number of ether oxygens (including phenoxy) is 1. The summed E-state index contributed by atoms with van der Waals surface area (Å²) in [7, 11) is 0. The van der Waals surface area contributed by atoms with Crippen molar-refractivity contribution in [3.63, 3.8) is 0 Å². The second-order valence-electron chi connectivity index (χ2n) is 4.83. The van der Waals surface area contributed by atoms with E-state index in [0.717, 1.165) is 19.3 Å². The van der Waals surface area contributed by atoms with Gasteiger partial charge in [-0.2, -0.15) is 0 Å². The van der Waals surface area contributed by atoms with Crippen molar-refractivity contribution in [1.29, 1.82) is 0 Å². The molecule has 0 aromatic rings. The predicted octanol–water partition coefficient (Wildman–Crippen LogP) is 1.51. The Morgan fingerprint density at radius 3 is 2.89 bits per heavy atom. The summed E-state index contributed by atoms with van der Waals surface area (Å²) < 4.78 is 5.46. The molecule has 1 rings (SSSR count). The van der Waals surface area contributed by atoms with Crippen molar-refractivity contribution in [2.24, 2.45) is 11.7 Å². The van der Waals surface area contributed by atoms with Crippen LogP contribution in [0, 0.1) is 18.3 Å². The van der Waals surface area contributed by atoms with Gasteiger partial charge in [0.2, 0.25) is 0 Å². The van der Waals surface area contributed by atoms with E-state index in [-0.39, 0.29) is 18.0 Å². The standard InChI is InChI=1S/C14H22N2O3/c1-3-5-8-12(4-2)19-13(17)11-7-6-9-16(10-11)14(15)18/h1,11-12H,4-10H2,2H3,(H2,15,18)/t11-,12+/m0/s1. The van der Waals surface area contributed by atoms with Gasteiger partial charge in [0.25, 0.3) is 0 Å². The fourth-order valence-electron chi connectivity index (χ4n) is 2.22. The molecule has 106 valence electrons. The predicted molar refractivity (Wildman–Crippen MR) is 72.1 cm³/mol. The number of hydrogen-bond acceptors (Lipinski definition) is 3. The molecule has 0 aromatic carbocycles. The molecule has 0 unspecified atom stereocenters. The highest BCUT2D eigenvalue weighted by molar-refractivity contribution is 5.76. The van der Waals surface area contributed by atoms with E-state index in [9.17, 15) is 9.59 Å². The number of terminal acetylenes is 1. The molecule has 1 saturated heterocycles. The third kappa shape index (κ3) is 4.82. The largest absolute Gasteiger partial charge is 0.462 e. The molecule has 19 heavy (non-hydrogen) atoms. The van der Waals surface area contributed by atoms with Crippen molar-refractivity contribution in [1.82, 2.24) is 4.90 Å². The molecule has 0 spiro atoms. The zero-order chi connectivity index (χ0) is 14.3. The maximum atomic E-state index is 12.0. The lowest BCUT2D eigenvalue weighted by Gasteiger charge is -2.31. The summed E-state index contributed by atoms with van der Waals surface area (Å²) in [4.78, 5) is 24.7. The van der Waals surface area contributed by atoms with Crippen LogP contribution >= 0.6 is 0 Å². The number of carbonyl (C=O) groups is 2. The molecule has 2 N–H and O–H groups in total. The average molecular weight is 266 g/mol. The monoisotopic (exact) mass is 266 g/mol. The summed E-state index contributed by atoms with van der Waals surface area (Å²) in [6.45, 7) is 2.94. The topological polar surface area (TPSA) is 72.6 Å². The first-order valence-corrected chi connectivity index (χ1v) is 6.76. The quantitative estimate of drug-likeness (QED) is 0.605. The molecule has 1 aliphatic heterocycles. The summed E-state index contributed by atoms with van der Waals surface area (Å²) in [6, 6.07) is -0.475. The molecule has 0 bridgehead atoms. The third-order valence-corrected chi connectivity index (χ3v) is 3.42. The first kappa shape index (κ1) is 15.4. The van der Waals surface area contributed by atoms with Gasteiger partial charge in [-0.1, -0.05) is 6.92 Å². The van der Waals surface area contributed by atoms with Crippen molar-refractivity contribution in [2.45, 2.75) is 45.1 Å². The highest BCUT2D eigenvalue weighted by atomic mass is 16.5. The van der Waals surface area contributed by atoms with Gasteiger partial charge >= 0.3 is 12.0 Å². The van der Waals surface area contributed by atoms with Crippen LogP contribution in [0.25, 0.3) is 0 Å². The summed E-state index contributed by atoms with van der Waals surface area (Å²) in [6.07, 6.45) is 8.64. The van der Waals surface area contributed by atoms with Crippen molar-refractivity contribution in [2.75, 3.05) is 13.1 Å². The molecular weight excluding hydrogens is 244 g/mol. The van der Waals surface area contributed by atoms with Gasteiger partial charge in [0.05, 0.1) is 5.92 Å². The van der Waals surface area contributed by atoms with E-state index in [2.05, 4.69) is 5.92 Å². The number of rotatable bonds is 5. The second-order valence-corrected chi connectivity index (χ2v) is 4.83. The maximum Gasteiger partial charge on any atom is 0.314 e. The van der Waals surface area contributed by atoms with Gasteiger partial charge in [0.1, 0.15) is 6.10 Å². The number of urea groups is 1. The highest BCUT2D eigenvalue weighted by Gasteiger charge is 2.29. The number of piperidine rings is 1. The van der Waals surface area contributed by atoms with Crippen LogP contribution in [0.3, 0.4) is 0 Å². The molecule has 0 aromatic heterocycles. The molecule has 1 aliphatic rings. The van der Waals surface area contributed by atoms with Crippen molar-refractivity contribution < 1.29 is 14.3 Å². The molecule has 0 saturated carbocycles. The normalized spacial score (nSPS) is 20.4. The Morgan fingerprint density at radius 1 is 1.58 bits per heavy atom. The average Bonchev–Trinajstić information content (AvgIpc) is 2.43. The van der Waals surface area contributed by atoms with Gasteiger partial charge in [0.15, 0.2) is 0 Å². The fourth-order valence-corrected chi connectivity index (χ4v) is 2.22. The molecule has 2 amide bonds. The van der Waals surface area contributed by atoms with E-state index in [1.165, 1.54) is 4.90 Å². The summed E-state index contributed by atoms with van der Waals surface area (Å²) >= 11 is 0. The number of primary amides is 1. The van der Waals surface area contributed by atoms with Gasteiger partial charge in [0, 0.05) is 19.5 Å². The van der Waals surface area contributed by atoms with E-state index >= 15 is 0 Å². The molecule has 5 heteroatoms. The van der Waals surface area contributed by atoms with Crippen molar-refractivity contribution in [3.8, 4) is 12.3 Å². The zero-order valence-electron chi connectivity index (χ0n) is 11.4. The lowest BCUT2D eigenvalue weighted by molar-refractivity contribution is -0.156. The van der Waals surface area contributed by atoms with E-state index in [1.54, 1.807) is 0 Å². The Hall–Kier alpha value is -1.70. The first-order valence-electron chi connectivity index (χ1n) is 6.76. The zero-order valence-corrected chi connectivity index (χ0v) is 11.4. The lowest BCUT2D eigenvalue weighted by Crippen LogP contribution is -2.45. The Kier molecular flexibility index (Phi) is 6.20. The molecular formula is C14H22N2O3. The Labute approximate surface area is 114 Å². The van der Waals surface area contributed by atoms with Crippen molar-refractivity contribution in [3.05, 3.63) is 0 Å². The SMILES string of the molecule is C#CCC[C@@H](CC)OC(=O)[C@H]1CCCN(C(N)=O)C1. The van der Waals surface area contributed by atoms with Gasteiger partial charge in [-0.25, -0.2) is 4.79 Å². The molecule has 2 atom stereocenters. The Bertz CT molecular complexity index is 362. The number of likely N-dealkylation sites (tertiary alicyclic amines) is 1. The number of amides is 2. The van der Waals surface area contributed by atoms with Crippen LogP contribution in [0.4, 0.5) is 4.79 Å². The van der Waals surface area contributed by atoms with E-state index in [1.807, 2.05) is 6.92 Å². The molecule has 0 aliphatic carbocycles. The van der Waals surface area contributed by atoms with Gasteiger partial charge in [-0.3, -0.25) is 4.79 Å². The van der Waals surface area contributed by atoms with Crippen LogP contribution in [0.1, 0.15) is 39.0 Å². The minimum atomic E-state index is -0.475. The van der Waals surface area contributed by atoms with Gasteiger partial charge < -0.3 is 15.4 Å². The molecule has 5 nitrogen and oxygen atoms in total. The number of esters is 1. The van der Waals surface area contributed by atoms with Crippen LogP contribution < -0.4 is 5.73 Å². The van der Waals surface area contributed by atoms with E-state index in [0.29, 0.717) is 25.9 Å². The maximum absolute atomic E-state index is 12.0. The van der Waals surface area contributed by atoms with Crippen LogP contribution in [0.2, 0.25) is 0 Å². The second kappa shape index (κ2) is 7.67. The van der Waals surface area contributed by atoms with Gasteiger partial charge in [-0.05, 0) is 25.7 Å². The summed E-state index contributed by atoms with van der Waals surface area (Å²) in [5.74, 6) is 2.04. The van der Waals surface area contributed by atoms with Crippen LogP contribution in [0.15, 0.2) is 0 Å². The first-order chi connectivity index (χ1) is 9.08. The molecule has 1 heterocycles. The summed E-state index contributed by atoms with van der Waals surface area (Å²) in [5, 5.41) is 0. The fraction of sp³-hybridized carbons (Fsp3) is 0.714. The summed E-state index contributed by atoms with van der Waals surface area (Å²) in [5.41, 5.74) is 5.24. The number of carbonyl (C=O) groups excluding carboxylic acids is 2. The van der Waals surface area contributed by atoms with Crippen LogP contribution in [-0.4, -0.2) is 36.1 Å². The van der Waals surface area contributed by atoms with E-state index < -0.39 is 6.03 Å².